The first-order chi connectivity index (χ1) is 7.11. The quantitative estimate of drug-likeness (QED) is 0.366. The molecular formula is C11H22N2O2. The van der Waals surface area contributed by atoms with Crippen molar-refractivity contribution >= 4 is 5.97 Å². The number of rotatable bonds is 8. The Balaban J connectivity index is 3.51. The number of carbonyl (C=O) groups is 1. The summed E-state index contributed by atoms with van der Waals surface area (Å²) < 4.78 is 4.81. The standard InChI is InChI=1S/C11H22N2O2/c1-5-13(4)8-7-12-9-10(3)11(14)15-6-2/h12H,3,5-9H2,1-2,4H3. The Hall–Kier alpha value is -0.870. The Morgan fingerprint density at radius 3 is 2.67 bits per heavy atom. The number of esters is 1. The second-order valence-corrected chi connectivity index (χ2v) is 3.40. The number of nitrogens with one attached hydrogen (secondary N) is 1. The summed E-state index contributed by atoms with van der Waals surface area (Å²) in [5.74, 6) is -0.311. The lowest BCUT2D eigenvalue weighted by Gasteiger charge is -2.14. The van der Waals surface area contributed by atoms with E-state index in [1.54, 1.807) is 6.92 Å². The Bertz CT molecular complexity index is 205. The number of nitrogens with zero attached hydrogens (tertiary/aromatic N) is 1. The van der Waals surface area contributed by atoms with Gasteiger partial charge in [0, 0.05) is 25.2 Å². The molecule has 1 N–H and O–H groups in total. The Morgan fingerprint density at radius 2 is 2.13 bits per heavy atom. The summed E-state index contributed by atoms with van der Waals surface area (Å²) in [6.45, 7) is 11.3. The maximum atomic E-state index is 11.2. The highest BCUT2D eigenvalue weighted by molar-refractivity contribution is 5.88. The lowest BCUT2D eigenvalue weighted by molar-refractivity contribution is -0.138. The summed E-state index contributed by atoms with van der Waals surface area (Å²) in [6, 6.07) is 0. The van der Waals surface area contributed by atoms with Gasteiger partial charge in [0.05, 0.1) is 6.61 Å². The van der Waals surface area contributed by atoms with Crippen LogP contribution in [0.25, 0.3) is 0 Å². The largest absolute Gasteiger partial charge is 0.463 e. The summed E-state index contributed by atoms with van der Waals surface area (Å²) in [5, 5.41) is 3.15. The Morgan fingerprint density at radius 1 is 1.47 bits per heavy atom. The third-order valence-corrected chi connectivity index (χ3v) is 2.11. The molecule has 0 unspecified atom stereocenters. The highest BCUT2D eigenvalue weighted by Gasteiger charge is 2.06. The van der Waals surface area contributed by atoms with E-state index in [2.05, 4.69) is 30.8 Å². The number of carbonyl (C=O) groups excluding carboxylic acids is 1. The van der Waals surface area contributed by atoms with Gasteiger partial charge in [-0.15, -0.1) is 0 Å². The number of ether oxygens (including phenoxy) is 1. The van der Waals surface area contributed by atoms with Gasteiger partial charge in [0.25, 0.3) is 0 Å². The molecule has 0 bridgehead atoms. The third kappa shape index (κ3) is 7.11. The summed E-state index contributed by atoms with van der Waals surface area (Å²) in [7, 11) is 2.06. The van der Waals surface area contributed by atoms with Gasteiger partial charge in [-0.2, -0.15) is 0 Å². The Kier molecular flexibility index (Phi) is 7.95. The molecule has 0 aliphatic rings. The van der Waals surface area contributed by atoms with Gasteiger partial charge in [-0.25, -0.2) is 4.79 Å². The second kappa shape index (κ2) is 8.44. The SMILES string of the molecule is C=C(CNCCN(C)CC)C(=O)OCC. The minimum absolute atomic E-state index is 0.311. The van der Waals surface area contributed by atoms with Gasteiger partial charge in [0.2, 0.25) is 0 Å². The monoisotopic (exact) mass is 214 g/mol. The lowest BCUT2D eigenvalue weighted by Crippen LogP contribution is -2.31. The van der Waals surface area contributed by atoms with Crippen LogP contribution in [-0.2, 0) is 9.53 Å². The van der Waals surface area contributed by atoms with Crippen LogP contribution in [0.15, 0.2) is 12.2 Å². The minimum Gasteiger partial charge on any atom is -0.463 e. The summed E-state index contributed by atoms with van der Waals surface area (Å²) in [6.07, 6.45) is 0. The predicted molar refractivity (Wildman–Crippen MR) is 61.8 cm³/mol. The first kappa shape index (κ1) is 14.1. The molecule has 0 aliphatic heterocycles. The molecule has 0 radical (unpaired) electrons. The van der Waals surface area contributed by atoms with Crippen molar-refractivity contribution in [2.24, 2.45) is 0 Å². The molecule has 0 atom stereocenters. The van der Waals surface area contributed by atoms with Crippen molar-refractivity contribution in [1.29, 1.82) is 0 Å². The van der Waals surface area contributed by atoms with Crippen LogP contribution in [0.2, 0.25) is 0 Å². The first-order valence-electron chi connectivity index (χ1n) is 5.36. The molecule has 4 nitrogen and oxygen atoms in total. The van der Waals surface area contributed by atoms with Gasteiger partial charge in [-0.3, -0.25) is 0 Å². The van der Waals surface area contributed by atoms with Crippen LogP contribution >= 0.6 is 0 Å². The minimum atomic E-state index is -0.311. The average Bonchev–Trinajstić information content (AvgIpc) is 2.23. The van der Waals surface area contributed by atoms with Crippen LogP contribution < -0.4 is 5.32 Å². The molecule has 4 heteroatoms. The van der Waals surface area contributed by atoms with Crippen LogP contribution in [0.4, 0.5) is 0 Å². The van der Waals surface area contributed by atoms with Crippen LogP contribution in [0.5, 0.6) is 0 Å². The highest BCUT2D eigenvalue weighted by Crippen LogP contribution is 1.92. The third-order valence-electron chi connectivity index (χ3n) is 2.11. The molecule has 0 amide bonds. The molecule has 0 aliphatic carbocycles. The van der Waals surface area contributed by atoms with E-state index in [9.17, 15) is 4.79 Å². The van der Waals surface area contributed by atoms with Crippen molar-refractivity contribution in [3.8, 4) is 0 Å². The molecule has 0 saturated carbocycles. The van der Waals surface area contributed by atoms with E-state index in [-0.39, 0.29) is 5.97 Å². The molecule has 0 aromatic heterocycles. The number of likely N-dealkylation sites (N-methyl/N-ethyl adjacent to an activating group) is 1. The van der Waals surface area contributed by atoms with E-state index in [1.165, 1.54) is 0 Å². The highest BCUT2D eigenvalue weighted by atomic mass is 16.5. The van der Waals surface area contributed by atoms with E-state index >= 15 is 0 Å². The van der Waals surface area contributed by atoms with Crippen LogP contribution in [0.1, 0.15) is 13.8 Å². The Labute approximate surface area is 92.3 Å². The second-order valence-electron chi connectivity index (χ2n) is 3.40. The molecule has 0 rings (SSSR count). The number of hydrogen-bond acceptors (Lipinski definition) is 4. The van der Waals surface area contributed by atoms with Gasteiger partial charge in [0.1, 0.15) is 0 Å². The summed E-state index contributed by atoms with van der Waals surface area (Å²) in [5.41, 5.74) is 0.482. The zero-order valence-corrected chi connectivity index (χ0v) is 10.0. The van der Waals surface area contributed by atoms with Gasteiger partial charge >= 0.3 is 5.97 Å². The lowest BCUT2D eigenvalue weighted by atomic mass is 10.3. The van der Waals surface area contributed by atoms with Gasteiger partial charge < -0.3 is 15.0 Å². The number of hydrogen-bond donors (Lipinski definition) is 1. The van der Waals surface area contributed by atoms with Crippen molar-refractivity contribution in [2.45, 2.75) is 13.8 Å². The fourth-order valence-electron chi connectivity index (χ4n) is 0.973. The molecule has 0 aromatic rings. The van der Waals surface area contributed by atoms with Crippen LogP contribution in [-0.4, -0.2) is 50.7 Å². The molecule has 15 heavy (non-hydrogen) atoms. The summed E-state index contributed by atoms with van der Waals surface area (Å²) >= 11 is 0. The molecule has 0 saturated heterocycles. The topological polar surface area (TPSA) is 41.6 Å². The zero-order valence-electron chi connectivity index (χ0n) is 10.0. The van der Waals surface area contributed by atoms with E-state index in [0.29, 0.717) is 18.7 Å². The van der Waals surface area contributed by atoms with Crippen LogP contribution in [0, 0.1) is 0 Å². The molecule has 0 fully saturated rings. The average molecular weight is 214 g/mol. The molecule has 0 spiro atoms. The molecular weight excluding hydrogens is 192 g/mol. The van der Waals surface area contributed by atoms with Gasteiger partial charge in [0.15, 0.2) is 0 Å². The smallest absolute Gasteiger partial charge is 0.334 e. The van der Waals surface area contributed by atoms with Crippen molar-refractivity contribution in [1.82, 2.24) is 10.2 Å². The molecule has 0 heterocycles. The van der Waals surface area contributed by atoms with Crippen molar-refractivity contribution in [3.05, 3.63) is 12.2 Å². The maximum Gasteiger partial charge on any atom is 0.334 e. The van der Waals surface area contributed by atoms with E-state index < -0.39 is 0 Å². The van der Waals surface area contributed by atoms with E-state index in [1.807, 2.05) is 0 Å². The normalized spacial score (nSPS) is 10.4. The predicted octanol–water partition coefficient (Wildman–Crippen LogP) is 0.647. The van der Waals surface area contributed by atoms with Crippen molar-refractivity contribution < 1.29 is 9.53 Å². The molecule has 88 valence electrons. The first-order valence-corrected chi connectivity index (χ1v) is 5.36. The van der Waals surface area contributed by atoms with Crippen molar-refractivity contribution in [2.75, 3.05) is 39.8 Å². The maximum absolute atomic E-state index is 11.2. The van der Waals surface area contributed by atoms with Crippen LogP contribution in [0.3, 0.4) is 0 Å². The zero-order chi connectivity index (χ0) is 11.7. The fraction of sp³-hybridized carbons (Fsp3) is 0.727. The molecule has 0 aromatic carbocycles. The van der Waals surface area contributed by atoms with E-state index in [0.717, 1.165) is 19.6 Å². The van der Waals surface area contributed by atoms with Gasteiger partial charge in [-0.1, -0.05) is 13.5 Å². The van der Waals surface area contributed by atoms with Gasteiger partial charge in [-0.05, 0) is 20.5 Å². The van der Waals surface area contributed by atoms with Crippen molar-refractivity contribution in [3.63, 3.8) is 0 Å². The fourth-order valence-corrected chi connectivity index (χ4v) is 0.973. The summed E-state index contributed by atoms with van der Waals surface area (Å²) in [4.78, 5) is 13.3. The van der Waals surface area contributed by atoms with E-state index in [4.69, 9.17) is 4.74 Å².